The van der Waals surface area contributed by atoms with Crippen molar-refractivity contribution >= 4 is 10.0 Å². The van der Waals surface area contributed by atoms with E-state index < -0.39 is 10.0 Å². The second kappa shape index (κ2) is 7.35. The van der Waals surface area contributed by atoms with Gasteiger partial charge >= 0.3 is 0 Å². The number of hydrogen-bond donors (Lipinski definition) is 1. The summed E-state index contributed by atoms with van der Waals surface area (Å²) in [5.74, 6) is 0.671. The Labute approximate surface area is 108 Å². The van der Waals surface area contributed by atoms with Crippen LogP contribution >= 0.6 is 0 Å². The zero-order chi connectivity index (χ0) is 13.4. The molecule has 0 saturated carbocycles. The van der Waals surface area contributed by atoms with E-state index >= 15 is 0 Å². The first-order chi connectivity index (χ1) is 8.51. The van der Waals surface area contributed by atoms with E-state index in [1.54, 1.807) is 7.11 Å². The quantitative estimate of drug-likeness (QED) is 0.715. The number of primary sulfonamides is 1. The van der Waals surface area contributed by atoms with Gasteiger partial charge in [0, 0.05) is 7.11 Å². The Bertz CT molecular complexity index is 442. The molecule has 2 N–H and O–H groups in total. The largest absolute Gasteiger partial charge is 0.494 e. The van der Waals surface area contributed by atoms with Gasteiger partial charge in [-0.2, -0.15) is 0 Å². The number of nitrogens with two attached hydrogens (primary N) is 1. The van der Waals surface area contributed by atoms with Gasteiger partial charge in [-0.3, -0.25) is 0 Å². The molecule has 0 amide bonds. The molecule has 0 fully saturated rings. The maximum absolute atomic E-state index is 10.7. The summed E-state index contributed by atoms with van der Waals surface area (Å²) in [6.45, 7) is 1.03. The van der Waals surface area contributed by atoms with Gasteiger partial charge in [0.2, 0.25) is 10.0 Å². The third-order valence-electron chi connectivity index (χ3n) is 2.36. The van der Waals surface area contributed by atoms with Crippen molar-refractivity contribution in [3.05, 3.63) is 29.8 Å². The van der Waals surface area contributed by atoms with Gasteiger partial charge in [0.1, 0.15) is 5.75 Å². The van der Waals surface area contributed by atoms with Crippen LogP contribution in [0.15, 0.2) is 24.3 Å². The Hall–Kier alpha value is -1.11. The SMILES string of the molecule is COCCc1ccc(OCCCS(N)(=O)=O)cc1. The number of methoxy groups -OCH3 is 1. The van der Waals surface area contributed by atoms with Crippen molar-refractivity contribution in [1.29, 1.82) is 0 Å². The number of ether oxygens (including phenoxy) is 2. The Morgan fingerprint density at radius 3 is 2.39 bits per heavy atom. The van der Waals surface area contributed by atoms with E-state index in [0.29, 0.717) is 19.6 Å². The first-order valence-electron chi connectivity index (χ1n) is 5.72. The smallest absolute Gasteiger partial charge is 0.209 e. The Kier molecular flexibility index (Phi) is 6.11. The molecule has 5 nitrogen and oxygen atoms in total. The molecule has 1 aromatic rings. The lowest BCUT2D eigenvalue weighted by Gasteiger charge is -2.06. The number of hydrogen-bond acceptors (Lipinski definition) is 4. The molecular formula is C12H19NO4S. The topological polar surface area (TPSA) is 78.6 Å². The van der Waals surface area contributed by atoms with Crippen LogP contribution in [-0.2, 0) is 21.2 Å². The highest BCUT2D eigenvalue weighted by Crippen LogP contribution is 2.12. The monoisotopic (exact) mass is 273 g/mol. The zero-order valence-electron chi connectivity index (χ0n) is 10.5. The average Bonchev–Trinajstić information content (AvgIpc) is 2.32. The Morgan fingerprint density at radius 1 is 1.17 bits per heavy atom. The minimum Gasteiger partial charge on any atom is -0.494 e. The highest BCUT2D eigenvalue weighted by atomic mass is 32.2. The second-order valence-corrected chi connectivity index (χ2v) is 5.69. The van der Waals surface area contributed by atoms with E-state index in [-0.39, 0.29) is 5.75 Å². The minimum absolute atomic E-state index is 0.0566. The molecule has 102 valence electrons. The molecule has 0 bridgehead atoms. The summed E-state index contributed by atoms with van der Waals surface area (Å²) in [4.78, 5) is 0. The summed E-state index contributed by atoms with van der Waals surface area (Å²) in [6, 6.07) is 7.66. The van der Waals surface area contributed by atoms with Crippen LogP contribution in [-0.4, -0.2) is 34.5 Å². The third-order valence-corrected chi connectivity index (χ3v) is 3.22. The van der Waals surface area contributed by atoms with Crippen molar-refractivity contribution in [3.8, 4) is 5.75 Å². The second-order valence-electron chi connectivity index (χ2n) is 3.96. The van der Waals surface area contributed by atoms with Crippen molar-refractivity contribution < 1.29 is 17.9 Å². The van der Waals surface area contributed by atoms with E-state index in [2.05, 4.69) is 0 Å². The summed E-state index contributed by atoms with van der Waals surface area (Å²) < 4.78 is 31.8. The van der Waals surface area contributed by atoms with Gasteiger partial charge in [0.05, 0.1) is 19.0 Å². The summed E-state index contributed by atoms with van der Waals surface area (Å²) in [5.41, 5.74) is 1.17. The number of rotatable bonds is 8. The van der Waals surface area contributed by atoms with Crippen LogP contribution in [0, 0.1) is 0 Å². The Balaban J connectivity index is 2.31. The molecule has 0 aliphatic heterocycles. The fourth-order valence-corrected chi connectivity index (χ4v) is 1.94. The van der Waals surface area contributed by atoms with E-state index in [1.165, 1.54) is 5.56 Å². The molecule has 6 heteroatoms. The molecule has 0 radical (unpaired) electrons. The standard InChI is InChI=1S/C12H19NO4S/c1-16-9-7-11-3-5-12(6-4-11)17-8-2-10-18(13,14)15/h3-6H,2,7-10H2,1H3,(H2,13,14,15). The summed E-state index contributed by atoms with van der Waals surface area (Å²) in [7, 11) is -1.72. The molecule has 0 unspecified atom stereocenters. The van der Waals surface area contributed by atoms with Crippen LogP contribution in [0.4, 0.5) is 0 Å². The molecule has 1 aromatic carbocycles. The van der Waals surface area contributed by atoms with E-state index in [9.17, 15) is 8.42 Å². The molecule has 0 atom stereocenters. The van der Waals surface area contributed by atoms with E-state index in [4.69, 9.17) is 14.6 Å². The van der Waals surface area contributed by atoms with Crippen LogP contribution in [0.2, 0.25) is 0 Å². The molecule has 0 aromatic heterocycles. The van der Waals surface area contributed by atoms with Gasteiger partial charge in [0.15, 0.2) is 0 Å². The summed E-state index contributed by atoms with van der Waals surface area (Å²) in [5, 5.41) is 4.89. The lowest BCUT2D eigenvalue weighted by atomic mass is 10.1. The van der Waals surface area contributed by atoms with Gasteiger partial charge in [-0.15, -0.1) is 0 Å². The minimum atomic E-state index is -3.39. The molecule has 0 heterocycles. The molecule has 0 aliphatic rings. The zero-order valence-corrected chi connectivity index (χ0v) is 11.3. The lowest BCUT2D eigenvalue weighted by Crippen LogP contribution is -2.18. The highest BCUT2D eigenvalue weighted by molar-refractivity contribution is 7.89. The molecule has 0 saturated heterocycles. The first kappa shape index (κ1) is 14.9. The van der Waals surface area contributed by atoms with Gasteiger partial charge in [-0.1, -0.05) is 12.1 Å². The van der Waals surface area contributed by atoms with Crippen molar-refractivity contribution in [2.45, 2.75) is 12.8 Å². The maximum atomic E-state index is 10.7. The summed E-state index contributed by atoms with van der Waals surface area (Å²) >= 11 is 0. The predicted octanol–water partition coefficient (Wildman–Crippen LogP) is 0.933. The molecular weight excluding hydrogens is 254 g/mol. The van der Waals surface area contributed by atoms with E-state index in [1.807, 2.05) is 24.3 Å². The van der Waals surface area contributed by atoms with E-state index in [0.717, 1.165) is 12.2 Å². The number of benzene rings is 1. The first-order valence-corrected chi connectivity index (χ1v) is 7.44. The van der Waals surface area contributed by atoms with Crippen LogP contribution in [0.1, 0.15) is 12.0 Å². The van der Waals surface area contributed by atoms with Crippen LogP contribution in [0.25, 0.3) is 0 Å². The fraction of sp³-hybridized carbons (Fsp3) is 0.500. The lowest BCUT2D eigenvalue weighted by molar-refractivity contribution is 0.202. The van der Waals surface area contributed by atoms with Crippen molar-refractivity contribution in [1.82, 2.24) is 0 Å². The summed E-state index contributed by atoms with van der Waals surface area (Å²) in [6.07, 6.45) is 1.26. The van der Waals surface area contributed by atoms with Gasteiger partial charge in [-0.05, 0) is 30.5 Å². The molecule has 1 rings (SSSR count). The normalized spacial score (nSPS) is 11.4. The van der Waals surface area contributed by atoms with Crippen molar-refractivity contribution in [2.24, 2.45) is 5.14 Å². The van der Waals surface area contributed by atoms with Crippen LogP contribution in [0.5, 0.6) is 5.75 Å². The van der Waals surface area contributed by atoms with Gasteiger partial charge in [0.25, 0.3) is 0 Å². The molecule has 0 spiro atoms. The van der Waals surface area contributed by atoms with Crippen molar-refractivity contribution in [3.63, 3.8) is 0 Å². The fourth-order valence-electron chi connectivity index (χ4n) is 1.42. The van der Waals surface area contributed by atoms with Crippen LogP contribution in [0.3, 0.4) is 0 Å². The van der Waals surface area contributed by atoms with Crippen LogP contribution < -0.4 is 9.88 Å². The maximum Gasteiger partial charge on any atom is 0.209 e. The highest BCUT2D eigenvalue weighted by Gasteiger charge is 2.02. The van der Waals surface area contributed by atoms with Gasteiger partial charge in [-0.25, -0.2) is 13.6 Å². The average molecular weight is 273 g/mol. The van der Waals surface area contributed by atoms with Gasteiger partial charge < -0.3 is 9.47 Å². The Morgan fingerprint density at radius 2 is 1.83 bits per heavy atom. The van der Waals surface area contributed by atoms with Crippen molar-refractivity contribution in [2.75, 3.05) is 26.1 Å². The number of sulfonamides is 1. The molecule has 18 heavy (non-hydrogen) atoms. The predicted molar refractivity (Wildman–Crippen MR) is 70.1 cm³/mol. The third kappa shape index (κ3) is 6.58. The molecule has 0 aliphatic carbocycles.